The number of hydrogen-bond donors (Lipinski definition) is 2. The van der Waals surface area contributed by atoms with Crippen molar-refractivity contribution in [3.63, 3.8) is 0 Å². The fraction of sp³-hybridized carbons (Fsp3) is 0.800. The minimum atomic E-state index is 0.204. The molecular formula is C5H10N2O. The first-order valence-corrected chi connectivity index (χ1v) is 2.72. The van der Waals surface area contributed by atoms with Gasteiger partial charge in [-0.1, -0.05) is 0 Å². The molecule has 3 nitrogen and oxygen atoms in total. The maximum atomic E-state index is 6.99. The van der Waals surface area contributed by atoms with Crippen molar-refractivity contribution in [3.05, 3.63) is 0 Å². The normalized spacial score (nSPS) is 28.2. The molecule has 0 unspecified atom stereocenters. The standard InChI is InChI=1S/C5H10N2O/c6-5(7)4-1-2-8-3-4/h4H,1-3H2,(H3,6,7)/t4-/m1/s1. The van der Waals surface area contributed by atoms with Crippen LogP contribution >= 0.6 is 0 Å². The number of hydrogen-bond acceptors (Lipinski definition) is 2. The van der Waals surface area contributed by atoms with Crippen molar-refractivity contribution in [2.75, 3.05) is 13.2 Å². The van der Waals surface area contributed by atoms with E-state index >= 15 is 0 Å². The zero-order chi connectivity index (χ0) is 5.98. The number of ether oxygens (including phenoxy) is 1. The molecule has 1 fully saturated rings. The van der Waals surface area contributed by atoms with Crippen LogP contribution < -0.4 is 5.73 Å². The number of nitrogens with two attached hydrogens (primary N) is 1. The molecule has 0 bridgehead atoms. The van der Waals surface area contributed by atoms with Gasteiger partial charge in [0.1, 0.15) is 0 Å². The molecule has 1 rings (SSSR count). The van der Waals surface area contributed by atoms with Gasteiger partial charge >= 0.3 is 0 Å². The van der Waals surface area contributed by atoms with Gasteiger partial charge in [-0.05, 0) is 6.42 Å². The molecule has 0 aromatic carbocycles. The summed E-state index contributed by atoms with van der Waals surface area (Å²) < 4.78 is 5.00. The van der Waals surface area contributed by atoms with Gasteiger partial charge in [0.25, 0.3) is 0 Å². The smallest absolute Gasteiger partial charge is 0.0961 e. The van der Waals surface area contributed by atoms with Crippen molar-refractivity contribution >= 4 is 5.84 Å². The quantitative estimate of drug-likeness (QED) is 0.371. The Morgan fingerprint density at radius 3 is 2.75 bits per heavy atom. The Morgan fingerprint density at radius 2 is 2.50 bits per heavy atom. The van der Waals surface area contributed by atoms with Gasteiger partial charge in [-0.2, -0.15) is 0 Å². The van der Waals surface area contributed by atoms with E-state index in [0.717, 1.165) is 13.0 Å². The van der Waals surface area contributed by atoms with Crippen LogP contribution in [0.3, 0.4) is 0 Å². The lowest BCUT2D eigenvalue weighted by Crippen LogP contribution is -2.21. The van der Waals surface area contributed by atoms with Gasteiger partial charge in [-0.3, -0.25) is 5.41 Å². The van der Waals surface area contributed by atoms with Gasteiger partial charge in [0.2, 0.25) is 0 Å². The van der Waals surface area contributed by atoms with E-state index in [4.69, 9.17) is 15.9 Å². The van der Waals surface area contributed by atoms with Gasteiger partial charge in [-0.25, -0.2) is 0 Å². The summed E-state index contributed by atoms with van der Waals surface area (Å²) in [6.07, 6.45) is 0.926. The molecule has 1 aliphatic rings. The summed E-state index contributed by atoms with van der Waals surface area (Å²) in [5, 5.41) is 6.99. The fourth-order valence-corrected chi connectivity index (χ4v) is 0.780. The van der Waals surface area contributed by atoms with Gasteiger partial charge in [0.15, 0.2) is 0 Å². The van der Waals surface area contributed by atoms with Crippen LogP contribution in [0.2, 0.25) is 0 Å². The molecule has 1 heterocycles. The molecule has 3 N–H and O–H groups in total. The van der Waals surface area contributed by atoms with Crippen LogP contribution in [-0.4, -0.2) is 19.0 Å². The molecule has 0 aromatic rings. The molecule has 3 heteroatoms. The maximum Gasteiger partial charge on any atom is 0.0961 e. The van der Waals surface area contributed by atoms with Gasteiger partial charge in [-0.15, -0.1) is 0 Å². The molecular weight excluding hydrogens is 104 g/mol. The average molecular weight is 114 g/mol. The molecule has 0 radical (unpaired) electrons. The van der Waals surface area contributed by atoms with Crippen molar-refractivity contribution in [2.45, 2.75) is 6.42 Å². The molecule has 1 aliphatic heterocycles. The second-order valence-corrected chi connectivity index (χ2v) is 2.02. The molecule has 1 atom stereocenters. The summed E-state index contributed by atoms with van der Waals surface area (Å²) in [5.41, 5.74) is 5.20. The third kappa shape index (κ3) is 0.980. The summed E-state index contributed by atoms with van der Waals surface area (Å²) >= 11 is 0. The predicted molar refractivity (Wildman–Crippen MR) is 30.8 cm³/mol. The van der Waals surface area contributed by atoms with E-state index in [-0.39, 0.29) is 11.8 Å². The lowest BCUT2D eigenvalue weighted by Gasteiger charge is -2.00. The van der Waals surface area contributed by atoms with Crippen LogP contribution in [0.1, 0.15) is 6.42 Å². The monoisotopic (exact) mass is 114 g/mol. The predicted octanol–water partition coefficient (Wildman–Crippen LogP) is -0.0411. The first-order valence-electron chi connectivity index (χ1n) is 2.72. The second kappa shape index (κ2) is 2.13. The highest BCUT2D eigenvalue weighted by Crippen LogP contribution is 2.10. The Hall–Kier alpha value is -0.570. The Balaban J connectivity index is 2.35. The van der Waals surface area contributed by atoms with E-state index in [1.54, 1.807) is 0 Å². The van der Waals surface area contributed by atoms with Crippen LogP contribution in [0, 0.1) is 11.3 Å². The summed E-state index contributed by atoms with van der Waals surface area (Å²) in [6.45, 7) is 1.42. The van der Waals surface area contributed by atoms with E-state index in [9.17, 15) is 0 Å². The summed E-state index contributed by atoms with van der Waals surface area (Å²) in [6, 6.07) is 0. The van der Waals surface area contributed by atoms with E-state index in [1.807, 2.05) is 0 Å². The van der Waals surface area contributed by atoms with E-state index in [2.05, 4.69) is 0 Å². The molecule has 8 heavy (non-hydrogen) atoms. The topological polar surface area (TPSA) is 59.1 Å². The highest BCUT2D eigenvalue weighted by molar-refractivity contribution is 5.79. The van der Waals surface area contributed by atoms with Gasteiger partial charge in [0.05, 0.1) is 12.4 Å². The third-order valence-electron chi connectivity index (χ3n) is 1.37. The third-order valence-corrected chi connectivity index (χ3v) is 1.37. The number of nitrogens with one attached hydrogen (secondary N) is 1. The van der Waals surface area contributed by atoms with Crippen LogP contribution in [0.5, 0.6) is 0 Å². The first kappa shape index (κ1) is 5.56. The molecule has 1 saturated heterocycles. The van der Waals surface area contributed by atoms with Crippen LogP contribution in [-0.2, 0) is 4.74 Å². The zero-order valence-electron chi connectivity index (χ0n) is 4.68. The van der Waals surface area contributed by atoms with Crippen molar-refractivity contribution in [1.29, 1.82) is 5.41 Å². The van der Waals surface area contributed by atoms with Crippen LogP contribution in [0.25, 0.3) is 0 Å². The summed E-state index contributed by atoms with van der Waals surface area (Å²) in [5.74, 6) is 0.470. The summed E-state index contributed by atoms with van der Waals surface area (Å²) in [7, 11) is 0. The fourth-order valence-electron chi connectivity index (χ4n) is 0.780. The zero-order valence-corrected chi connectivity index (χ0v) is 4.68. The molecule has 0 saturated carbocycles. The lowest BCUT2D eigenvalue weighted by atomic mass is 10.1. The van der Waals surface area contributed by atoms with E-state index < -0.39 is 0 Å². The van der Waals surface area contributed by atoms with Crippen molar-refractivity contribution in [2.24, 2.45) is 11.7 Å². The maximum absolute atomic E-state index is 6.99. The minimum absolute atomic E-state index is 0.204. The average Bonchev–Trinajstić information content (AvgIpc) is 2.12. The molecule has 0 aromatic heterocycles. The van der Waals surface area contributed by atoms with E-state index in [1.165, 1.54) is 0 Å². The largest absolute Gasteiger partial charge is 0.387 e. The van der Waals surface area contributed by atoms with Crippen molar-refractivity contribution in [1.82, 2.24) is 0 Å². The number of amidine groups is 1. The molecule has 0 amide bonds. The van der Waals surface area contributed by atoms with Crippen LogP contribution in [0.4, 0.5) is 0 Å². The van der Waals surface area contributed by atoms with Crippen molar-refractivity contribution < 1.29 is 4.74 Å². The van der Waals surface area contributed by atoms with Crippen molar-refractivity contribution in [3.8, 4) is 0 Å². The highest BCUT2D eigenvalue weighted by atomic mass is 16.5. The Morgan fingerprint density at radius 1 is 1.75 bits per heavy atom. The second-order valence-electron chi connectivity index (χ2n) is 2.02. The van der Waals surface area contributed by atoms with Gasteiger partial charge in [0, 0.05) is 12.5 Å². The first-order chi connectivity index (χ1) is 3.80. The SMILES string of the molecule is N=C(N)[C@@H]1CCOC1. The Labute approximate surface area is 48.3 Å². The highest BCUT2D eigenvalue weighted by Gasteiger charge is 2.17. The van der Waals surface area contributed by atoms with Gasteiger partial charge < -0.3 is 10.5 Å². The lowest BCUT2D eigenvalue weighted by molar-refractivity contribution is 0.193. The van der Waals surface area contributed by atoms with Crippen LogP contribution in [0.15, 0.2) is 0 Å². The molecule has 0 spiro atoms. The van der Waals surface area contributed by atoms with E-state index in [0.29, 0.717) is 6.61 Å². The molecule has 46 valence electrons. The number of rotatable bonds is 1. The molecule has 0 aliphatic carbocycles. The summed E-state index contributed by atoms with van der Waals surface area (Å²) in [4.78, 5) is 0. The Bertz CT molecular complexity index is 96.6. The Kier molecular flexibility index (Phi) is 1.48. The minimum Gasteiger partial charge on any atom is -0.387 e.